The van der Waals surface area contributed by atoms with Crippen LogP contribution in [0.25, 0.3) is 0 Å². The average molecular weight is 342 g/mol. The first-order valence-corrected chi connectivity index (χ1v) is 8.41. The van der Waals surface area contributed by atoms with Crippen LogP contribution in [0.1, 0.15) is 17.5 Å². The maximum atomic E-state index is 10.5. The molecule has 0 atom stereocenters. The van der Waals surface area contributed by atoms with E-state index < -0.39 is 0 Å². The summed E-state index contributed by atoms with van der Waals surface area (Å²) in [5.41, 5.74) is 5.05. The van der Waals surface area contributed by atoms with Crippen molar-refractivity contribution in [3.8, 4) is 11.5 Å². The average Bonchev–Trinajstić information content (AvgIpc) is 2.88. The van der Waals surface area contributed by atoms with Crippen molar-refractivity contribution in [3.63, 3.8) is 0 Å². The molecule has 0 bridgehead atoms. The number of aromatic hydroxyl groups is 1. The molecule has 0 saturated carbocycles. The first kappa shape index (κ1) is 16.1. The number of benzene rings is 3. The minimum absolute atomic E-state index is 0.148. The topological polar surface area (TPSA) is 54.2 Å². The SMILES string of the molecule is COc1ccc(C2=Nc3ccccc3N=C(c3ccccc3)C2)c(O)c1. The van der Waals surface area contributed by atoms with Gasteiger partial charge in [-0.1, -0.05) is 42.5 Å². The summed E-state index contributed by atoms with van der Waals surface area (Å²) in [7, 11) is 1.58. The van der Waals surface area contributed by atoms with Crippen LogP contribution >= 0.6 is 0 Å². The fraction of sp³-hybridized carbons (Fsp3) is 0.0909. The lowest BCUT2D eigenvalue weighted by Crippen LogP contribution is -2.10. The number of hydrogen-bond acceptors (Lipinski definition) is 4. The first-order chi connectivity index (χ1) is 12.7. The summed E-state index contributed by atoms with van der Waals surface area (Å²) in [6, 6.07) is 23.1. The van der Waals surface area contributed by atoms with Gasteiger partial charge in [-0.05, 0) is 29.8 Å². The number of phenolic OH excluding ortho intramolecular Hbond substituents is 1. The van der Waals surface area contributed by atoms with Gasteiger partial charge in [0.2, 0.25) is 0 Å². The molecule has 4 nitrogen and oxygen atoms in total. The number of methoxy groups -OCH3 is 1. The van der Waals surface area contributed by atoms with Gasteiger partial charge in [-0.15, -0.1) is 0 Å². The highest BCUT2D eigenvalue weighted by atomic mass is 16.5. The Labute approximate surface area is 152 Å². The molecule has 1 heterocycles. The number of phenols is 1. The van der Waals surface area contributed by atoms with Gasteiger partial charge in [0.25, 0.3) is 0 Å². The second kappa shape index (κ2) is 6.84. The van der Waals surface area contributed by atoms with Gasteiger partial charge in [0.1, 0.15) is 11.5 Å². The molecule has 0 fully saturated rings. The van der Waals surface area contributed by atoms with Crippen LogP contribution in [0.15, 0.2) is 82.8 Å². The summed E-state index contributed by atoms with van der Waals surface area (Å²) < 4.78 is 5.19. The van der Waals surface area contributed by atoms with Crippen LogP contribution in [0.5, 0.6) is 11.5 Å². The van der Waals surface area contributed by atoms with Gasteiger partial charge in [-0.3, -0.25) is 9.98 Å². The van der Waals surface area contributed by atoms with Crippen molar-refractivity contribution in [1.82, 2.24) is 0 Å². The molecule has 0 spiro atoms. The molecular weight excluding hydrogens is 324 g/mol. The maximum absolute atomic E-state index is 10.5. The van der Waals surface area contributed by atoms with E-state index in [0.717, 1.165) is 28.4 Å². The number of nitrogens with zero attached hydrogens (tertiary/aromatic N) is 2. The van der Waals surface area contributed by atoms with Crippen molar-refractivity contribution >= 4 is 22.8 Å². The smallest absolute Gasteiger partial charge is 0.128 e. The lowest BCUT2D eigenvalue weighted by molar-refractivity contribution is 0.407. The molecule has 0 amide bonds. The Bertz CT molecular complexity index is 1010. The molecule has 0 radical (unpaired) electrons. The van der Waals surface area contributed by atoms with Crippen LogP contribution < -0.4 is 4.74 Å². The molecule has 1 N–H and O–H groups in total. The van der Waals surface area contributed by atoms with E-state index in [1.54, 1.807) is 13.2 Å². The van der Waals surface area contributed by atoms with E-state index in [0.29, 0.717) is 17.7 Å². The molecule has 0 unspecified atom stereocenters. The van der Waals surface area contributed by atoms with E-state index in [2.05, 4.69) is 0 Å². The van der Waals surface area contributed by atoms with Gasteiger partial charge in [0, 0.05) is 18.1 Å². The van der Waals surface area contributed by atoms with Gasteiger partial charge in [0.15, 0.2) is 0 Å². The van der Waals surface area contributed by atoms with Crippen LogP contribution in [0, 0.1) is 0 Å². The van der Waals surface area contributed by atoms with E-state index in [4.69, 9.17) is 14.7 Å². The predicted octanol–water partition coefficient (Wildman–Crippen LogP) is 5.05. The molecule has 3 aromatic rings. The highest BCUT2D eigenvalue weighted by Crippen LogP contribution is 2.34. The maximum Gasteiger partial charge on any atom is 0.128 e. The molecular formula is C22H18N2O2. The number of para-hydroxylation sites is 2. The van der Waals surface area contributed by atoms with Gasteiger partial charge in [-0.2, -0.15) is 0 Å². The third-order valence-electron chi connectivity index (χ3n) is 4.35. The van der Waals surface area contributed by atoms with Crippen LogP contribution in [-0.2, 0) is 0 Å². The zero-order chi connectivity index (χ0) is 17.9. The van der Waals surface area contributed by atoms with Gasteiger partial charge in [0.05, 0.1) is 29.9 Å². The van der Waals surface area contributed by atoms with Crippen LogP contribution in [0.4, 0.5) is 11.4 Å². The summed E-state index contributed by atoms with van der Waals surface area (Å²) in [5, 5.41) is 10.5. The molecule has 0 aliphatic carbocycles. The second-order valence-corrected chi connectivity index (χ2v) is 6.03. The minimum Gasteiger partial charge on any atom is -0.507 e. The summed E-state index contributed by atoms with van der Waals surface area (Å²) in [6.07, 6.45) is 0.526. The minimum atomic E-state index is 0.148. The highest BCUT2D eigenvalue weighted by molar-refractivity contribution is 6.21. The van der Waals surface area contributed by atoms with Crippen molar-refractivity contribution in [2.24, 2.45) is 9.98 Å². The molecule has 26 heavy (non-hydrogen) atoms. The molecule has 1 aliphatic rings. The van der Waals surface area contributed by atoms with Crippen LogP contribution in [0.2, 0.25) is 0 Å². The van der Waals surface area contributed by atoms with Crippen molar-refractivity contribution < 1.29 is 9.84 Å². The lowest BCUT2D eigenvalue weighted by Gasteiger charge is -2.10. The van der Waals surface area contributed by atoms with E-state index in [1.165, 1.54) is 0 Å². The largest absolute Gasteiger partial charge is 0.507 e. The second-order valence-electron chi connectivity index (χ2n) is 6.03. The van der Waals surface area contributed by atoms with E-state index >= 15 is 0 Å². The predicted molar refractivity (Wildman–Crippen MR) is 105 cm³/mol. The van der Waals surface area contributed by atoms with Crippen molar-refractivity contribution in [2.45, 2.75) is 6.42 Å². The standard InChI is InChI=1S/C22H18N2O2/c1-26-16-11-12-17(22(25)13-16)21-14-20(15-7-3-2-4-8-15)23-18-9-5-6-10-19(18)24-21/h2-13,25H,14H2,1H3. The van der Waals surface area contributed by atoms with Crippen molar-refractivity contribution in [1.29, 1.82) is 0 Å². The lowest BCUT2D eigenvalue weighted by atomic mass is 9.99. The van der Waals surface area contributed by atoms with E-state index in [1.807, 2.05) is 66.7 Å². The summed E-state index contributed by atoms with van der Waals surface area (Å²) in [6.45, 7) is 0. The molecule has 4 heteroatoms. The third-order valence-corrected chi connectivity index (χ3v) is 4.35. The zero-order valence-corrected chi connectivity index (χ0v) is 14.4. The fourth-order valence-corrected chi connectivity index (χ4v) is 3.02. The normalized spacial score (nSPS) is 13.3. The van der Waals surface area contributed by atoms with Crippen LogP contribution in [0.3, 0.4) is 0 Å². The summed E-state index contributed by atoms with van der Waals surface area (Å²) in [4.78, 5) is 9.65. The molecule has 4 rings (SSSR count). The monoisotopic (exact) mass is 342 g/mol. The molecule has 128 valence electrons. The molecule has 1 aliphatic heterocycles. The van der Waals surface area contributed by atoms with Gasteiger partial charge in [-0.25, -0.2) is 0 Å². The Kier molecular flexibility index (Phi) is 4.23. The third kappa shape index (κ3) is 3.09. The Morgan fingerprint density at radius 3 is 2.12 bits per heavy atom. The molecule has 0 aromatic heterocycles. The number of fused-ring (bicyclic) bond motifs is 1. The number of ether oxygens (including phenoxy) is 1. The van der Waals surface area contributed by atoms with Gasteiger partial charge < -0.3 is 9.84 Å². The summed E-state index contributed by atoms with van der Waals surface area (Å²) in [5.74, 6) is 0.757. The van der Waals surface area contributed by atoms with Crippen molar-refractivity contribution in [2.75, 3.05) is 7.11 Å². The Hall–Kier alpha value is -3.40. The Morgan fingerprint density at radius 1 is 0.808 bits per heavy atom. The molecule has 3 aromatic carbocycles. The van der Waals surface area contributed by atoms with Crippen LogP contribution in [-0.4, -0.2) is 23.6 Å². The fourth-order valence-electron chi connectivity index (χ4n) is 3.02. The highest BCUT2D eigenvalue weighted by Gasteiger charge is 2.18. The Morgan fingerprint density at radius 2 is 1.46 bits per heavy atom. The van der Waals surface area contributed by atoms with E-state index in [-0.39, 0.29) is 5.75 Å². The first-order valence-electron chi connectivity index (χ1n) is 8.41. The summed E-state index contributed by atoms with van der Waals surface area (Å²) >= 11 is 0. The zero-order valence-electron chi connectivity index (χ0n) is 14.4. The quantitative estimate of drug-likeness (QED) is 0.724. The van der Waals surface area contributed by atoms with Crippen molar-refractivity contribution in [3.05, 3.63) is 83.9 Å². The number of aliphatic imine (C=N–C) groups is 2. The van der Waals surface area contributed by atoms with E-state index in [9.17, 15) is 5.11 Å². The molecule has 0 saturated heterocycles. The number of hydrogen-bond donors (Lipinski definition) is 1. The van der Waals surface area contributed by atoms with Gasteiger partial charge >= 0.3 is 0 Å². The number of rotatable bonds is 3. The Balaban J connectivity index is 1.86.